The average molecular weight is 552 g/mol. The van der Waals surface area contributed by atoms with Crippen molar-refractivity contribution in [1.82, 2.24) is 15.2 Å². The number of amides is 3. The highest BCUT2D eigenvalue weighted by atomic mass is 35.5. The number of aromatic nitrogens is 1. The van der Waals surface area contributed by atoms with E-state index in [4.69, 9.17) is 16.3 Å². The van der Waals surface area contributed by atoms with Crippen molar-refractivity contribution < 1.29 is 33.6 Å². The van der Waals surface area contributed by atoms with Crippen molar-refractivity contribution in [1.29, 1.82) is 0 Å². The van der Waals surface area contributed by atoms with Crippen LogP contribution in [0.1, 0.15) is 16.1 Å². The Morgan fingerprint density at radius 2 is 2.03 bits per heavy atom. The molecule has 1 unspecified atom stereocenters. The maximum atomic E-state index is 12.8. The fourth-order valence-corrected chi connectivity index (χ4v) is 5.52. The number of fused-ring (bicyclic) bond motifs is 1. The van der Waals surface area contributed by atoms with Crippen molar-refractivity contribution in [2.45, 2.75) is 18.0 Å². The molecule has 1 saturated heterocycles. The van der Waals surface area contributed by atoms with Crippen LogP contribution in [-0.4, -0.2) is 62.0 Å². The van der Waals surface area contributed by atoms with Crippen molar-refractivity contribution in [2.24, 2.45) is 0 Å². The highest BCUT2D eigenvalue weighted by molar-refractivity contribution is 8.00. The predicted molar refractivity (Wildman–Crippen MR) is 127 cm³/mol. The molecule has 2 atom stereocenters. The second kappa shape index (κ2) is 10.4. The smallest absolute Gasteiger partial charge is 0.356 e. The van der Waals surface area contributed by atoms with E-state index in [1.807, 2.05) is 0 Å². The van der Waals surface area contributed by atoms with Crippen LogP contribution in [-0.2, 0) is 30.5 Å². The van der Waals surface area contributed by atoms with E-state index in [0.717, 1.165) is 16.2 Å². The monoisotopic (exact) mass is 551 g/mol. The number of benzene rings is 1. The van der Waals surface area contributed by atoms with E-state index in [2.05, 4.69) is 15.6 Å². The third-order valence-electron chi connectivity index (χ3n) is 5.04. The maximum Gasteiger partial charge on any atom is 0.356 e. The number of β-lactam (4-membered cyclic amide) rings is 1. The second-order valence-electron chi connectivity index (χ2n) is 7.24. The summed E-state index contributed by atoms with van der Waals surface area (Å²) in [5.74, 6) is -3.44. The molecule has 1 aromatic heterocycles. The van der Waals surface area contributed by atoms with Crippen LogP contribution in [0.2, 0.25) is 0 Å². The molecule has 16 heteroatoms. The summed E-state index contributed by atoms with van der Waals surface area (Å²) >= 11 is 8.33. The zero-order valence-corrected chi connectivity index (χ0v) is 20.2. The summed E-state index contributed by atoms with van der Waals surface area (Å²) in [5.41, 5.74) is 0.00145. The van der Waals surface area contributed by atoms with Gasteiger partial charge in [0.1, 0.15) is 29.4 Å². The fraction of sp³-hybridized carbons (Fsp3) is 0.200. The van der Waals surface area contributed by atoms with Crippen LogP contribution < -0.4 is 10.6 Å². The number of carbonyl (C=O) groups is 5. The molecule has 3 heterocycles. The number of halogens is 1. The third kappa shape index (κ3) is 4.93. The minimum atomic E-state index is -1.08. The Hall–Kier alpha value is -3.82. The summed E-state index contributed by atoms with van der Waals surface area (Å²) in [6.45, 7) is -0.215. The Morgan fingerprint density at radius 3 is 2.69 bits per heavy atom. The lowest BCUT2D eigenvalue weighted by Gasteiger charge is -2.48. The molecule has 0 aliphatic carbocycles. The van der Waals surface area contributed by atoms with Gasteiger partial charge in [-0.05, 0) is 17.7 Å². The predicted octanol–water partition coefficient (Wildman–Crippen LogP) is 1.40. The van der Waals surface area contributed by atoms with Gasteiger partial charge in [0.05, 0.1) is 9.96 Å². The van der Waals surface area contributed by atoms with Crippen LogP contribution in [0.15, 0.2) is 40.4 Å². The molecule has 0 spiro atoms. The Kier molecular flexibility index (Phi) is 7.32. The van der Waals surface area contributed by atoms with Crippen molar-refractivity contribution in [3.05, 3.63) is 61.7 Å². The minimum Gasteiger partial charge on any atom is -0.456 e. The van der Waals surface area contributed by atoms with E-state index in [0.29, 0.717) is 12.0 Å². The number of esters is 1. The number of rotatable bonds is 9. The van der Waals surface area contributed by atoms with Crippen molar-refractivity contribution in [2.75, 3.05) is 11.1 Å². The van der Waals surface area contributed by atoms with Gasteiger partial charge < -0.3 is 15.4 Å². The number of hydrogen-bond acceptors (Lipinski definition) is 11. The number of thiazole rings is 1. The molecule has 2 N–H and O–H groups in total. The molecule has 2 aromatic rings. The molecule has 0 saturated carbocycles. The lowest BCUT2D eigenvalue weighted by molar-refractivity contribution is -0.384. The zero-order valence-electron chi connectivity index (χ0n) is 17.8. The van der Waals surface area contributed by atoms with Gasteiger partial charge in [-0.15, -0.1) is 23.1 Å². The van der Waals surface area contributed by atoms with Crippen LogP contribution >= 0.6 is 34.7 Å². The Balaban J connectivity index is 1.38. The SMILES string of the molecule is O=CNc1nc(C(=O)C(=O)NC2C(=O)N3C(C(=O)OCc4ccc([N+](=O)[O-])cc4)=C(Cl)CS[C@@H]23)cs1. The normalized spacial score (nSPS) is 18.6. The fourth-order valence-electron chi connectivity index (χ4n) is 3.32. The van der Waals surface area contributed by atoms with E-state index >= 15 is 0 Å². The van der Waals surface area contributed by atoms with Gasteiger partial charge in [0.2, 0.25) is 6.41 Å². The van der Waals surface area contributed by atoms with Crippen LogP contribution in [0.25, 0.3) is 0 Å². The first-order valence-electron chi connectivity index (χ1n) is 9.96. The molecule has 2 aliphatic heterocycles. The van der Waals surface area contributed by atoms with E-state index in [1.165, 1.54) is 41.4 Å². The number of carbonyl (C=O) groups excluding carboxylic acids is 5. The Labute approximate surface area is 215 Å². The molecule has 4 rings (SSSR count). The zero-order chi connectivity index (χ0) is 26.0. The molecular formula is C20H14ClN5O8S2. The number of anilines is 1. The number of nitrogens with zero attached hydrogens (tertiary/aromatic N) is 3. The van der Waals surface area contributed by atoms with Gasteiger partial charge in [0.15, 0.2) is 5.13 Å². The van der Waals surface area contributed by atoms with Gasteiger partial charge in [-0.2, -0.15) is 0 Å². The molecule has 186 valence electrons. The average Bonchev–Trinajstić information content (AvgIpc) is 3.34. The van der Waals surface area contributed by atoms with Gasteiger partial charge in [-0.1, -0.05) is 11.6 Å². The topological polar surface area (TPSA) is 178 Å². The molecule has 0 radical (unpaired) electrons. The van der Waals surface area contributed by atoms with E-state index in [1.54, 1.807) is 0 Å². The molecule has 0 bridgehead atoms. The van der Waals surface area contributed by atoms with Crippen molar-refractivity contribution in [3.63, 3.8) is 0 Å². The van der Waals surface area contributed by atoms with Crippen LogP contribution in [0.3, 0.4) is 0 Å². The number of ketones is 1. The lowest BCUT2D eigenvalue weighted by atomic mass is 10.0. The first kappa shape index (κ1) is 25.3. The molecule has 3 amide bonds. The highest BCUT2D eigenvalue weighted by Gasteiger charge is 2.54. The van der Waals surface area contributed by atoms with E-state index in [-0.39, 0.29) is 39.6 Å². The minimum absolute atomic E-state index is 0.0804. The Morgan fingerprint density at radius 1 is 1.31 bits per heavy atom. The summed E-state index contributed by atoms with van der Waals surface area (Å²) in [5, 5.41) is 16.2. The van der Waals surface area contributed by atoms with Gasteiger partial charge in [-0.3, -0.25) is 34.2 Å². The number of ether oxygens (including phenoxy) is 1. The second-order valence-corrected chi connectivity index (χ2v) is 9.66. The number of thioether (sulfide) groups is 1. The van der Waals surface area contributed by atoms with Gasteiger partial charge >= 0.3 is 5.97 Å². The van der Waals surface area contributed by atoms with Gasteiger partial charge in [0, 0.05) is 23.3 Å². The number of nitro benzene ring substituents is 1. The number of Topliss-reactive ketones (excluding diaryl/α,β-unsaturated/α-hetero) is 1. The van der Waals surface area contributed by atoms with Gasteiger partial charge in [0.25, 0.3) is 23.3 Å². The van der Waals surface area contributed by atoms with Crippen molar-refractivity contribution >= 4 is 75.5 Å². The van der Waals surface area contributed by atoms with E-state index < -0.39 is 39.9 Å². The Bertz CT molecular complexity index is 1310. The summed E-state index contributed by atoms with van der Waals surface area (Å²) in [6, 6.07) is 4.31. The highest BCUT2D eigenvalue weighted by Crippen LogP contribution is 2.41. The number of nitro groups is 1. The van der Waals surface area contributed by atoms with Gasteiger partial charge in [-0.25, -0.2) is 9.78 Å². The van der Waals surface area contributed by atoms with E-state index in [9.17, 15) is 34.1 Å². The summed E-state index contributed by atoms with van der Waals surface area (Å²) in [4.78, 5) is 75.8. The summed E-state index contributed by atoms with van der Waals surface area (Å²) in [6.07, 6.45) is 0.377. The third-order valence-corrected chi connectivity index (χ3v) is 7.57. The summed E-state index contributed by atoms with van der Waals surface area (Å²) < 4.78 is 5.24. The molecule has 13 nitrogen and oxygen atoms in total. The van der Waals surface area contributed by atoms with Crippen LogP contribution in [0.5, 0.6) is 0 Å². The quantitative estimate of drug-likeness (QED) is 0.0879. The van der Waals surface area contributed by atoms with Crippen LogP contribution in [0, 0.1) is 10.1 Å². The number of hydrogen-bond donors (Lipinski definition) is 2. The molecule has 36 heavy (non-hydrogen) atoms. The van der Waals surface area contributed by atoms with Crippen molar-refractivity contribution in [3.8, 4) is 0 Å². The maximum absolute atomic E-state index is 12.8. The molecule has 1 fully saturated rings. The first-order valence-corrected chi connectivity index (χ1v) is 12.3. The standard InChI is InChI=1S/C20H14ClN5O8S2/c21-11-6-35-18-13(24-16(29)15(28)12-7-36-20(23-12)22-8-27)17(30)25(18)14(11)19(31)34-5-9-1-3-10(4-2-9)26(32)33/h1-4,7-8,13,18H,5-6H2,(H,24,29)(H,22,23,27)/t13?,18-/m0/s1. The number of nitrogens with one attached hydrogen (secondary N) is 2. The largest absolute Gasteiger partial charge is 0.456 e. The van der Waals surface area contributed by atoms with Crippen LogP contribution in [0.4, 0.5) is 10.8 Å². The molecule has 1 aromatic carbocycles. The first-order chi connectivity index (χ1) is 17.2. The number of non-ortho nitro benzene ring substituents is 1. The summed E-state index contributed by atoms with van der Waals surface area (Å²) in [7, 11) is 0. The molecule has 2 aliphatic rings. The lowest BCUT2D eigenvalue weighted by Crippen LogP contribution is -2.71. The molecular weight excluding hydrogens is 538 g/mol.